The monoisotopic (exact) mass is 356 g/mol. The largest absolute Gasteiger partial charge is 0.394 e. The molecule has 0 amide bonds. The van der Waals surface area contributed by atoms with Gasteiger partial charge in [-0.3, -0.25) is 4.98 Å². The van der Waals surface area contributed by atoms with Gasteiger partial charge in [-0.1, -0.05) is 18.2 Å². The first-order valence-corrected chi connectivity index (χ1v) is 8.88. The zero-order chi connectivity index (χ0) is 18.5. The lowest BCUT2D eigenvalue weighted by atomic mass is 10.0. The van der Waals surface area contributed by atoms with Crippen molar-refractivity contribution < 1.29 is 19.7 Å². The second kappa shape index (κ2) is 6.32. The number of rotatable bonds is 4. The van der Waals surface area contributed by atoms with Crippen LogP contribution in [-0.2, 0) is 16.5 Å². The molecule has 0 radical (unpaired) electrons. The molecule has 3 heterocycles. The zero-order valence-corrected chi connectivity index (χ0v) is 15.2. The van der Waals surface area contributed by atoms with Gasteiger partial charge in [0.1, 0.15) is 12.2 Å². The van der Waals surface area contributed by atoms with E-state index >= 15 is 0 Å². The second-order valence-electron chi connectivity index (χ2n) is 7.32. The zero-order valence-electron chi connectivity index (χ0n) is 15.2. The molecule has 2 N–H and O–H groups in total. The fourth-order valence-electron chi connectivity index (χ4n) is 3.99. The summed E-state index contributed by atoms with van der Waals surface area (Å²) in [7, 11) is 1.98. The van der Waals surface area contributed by atoms with Crippen molar-refractivity contribution in [1.82, 2.24) is 9.55 Å². The molecule has 1 aromatic carbocycles. The highest BCUT2D eigenvalue weighted by atomic mass is 16.8. The molecular weight excluding hydrogens is 332 g/mol. The number of benzene rings is 1. The quantitative estimate of drug-likeness (QED) is 0.752. The standard InChI is InChI=1S/C20H24N2O4/c1-20(2)25-16(17(11-23)26-20)10-15(24)18-19-13(8-9-21-18)12-6-4-5-7-14(12)22(19)3/h4-9,15-17,23-24H,10-11H2,1-3H3. The van der Waals surface area contributed by atoms with E-state index in [0.717, 1.165) is 21.8 Å². The number of aliphatic hydroxyl groups is 2. The van der Waals surface area contributed by atoms with Gasteiger partial charge in [0, 0.05) is 36.0 Å². The van der Waals surface area contributed by atoms with E-state index in [2.05, 4.69) is 21.7 Å². The van der Waals surface area contributed by atoms with E-state index < -0.39 is 24.1 Å². The number of aliphatic hydroxyl groups excluding tert-OH is 2. The minimum atomic E-state index is -0.821. The first-order chi connectivity index (χ1) is 12.4. The molecule has 26 heavy (non-hydrogen) atoms. The first kappa shape index (κ1) is 17.4. The van der Waals surface area contributed by atoms with Gasteiger partial charge >= 0.3 is 0 Å². The van der Waals surface area contributed by atoms with E-state index in [1.54, 1.807) is 6.20 Å². The van der Waals surface area contributed by atoms with Gasteiger partial charge in [0.25, 0.3) is 0 Å². The van der Waals surface area contributed by atoms with Gasteiger partial charge in [0.15, 0.2) is 5.79 Å². The smallest absolute Gasteiger partial charge is 0.163 e. The van der Waals surface area contributed by atoms with Gasteiger partial charge in [0.2, 0.25) is 0 Å². The Labute approximate surface area is 152 Å². The van der Waals surface area contributed by atoms with Gasteiger partial charge in [-0.15, -0.1) is 0 Å². The third kappa shape index (κ3) is 2.79. The Morgan fingerprint density at radius 3 is 2.65 bits per heavy atom. The molecule has 0 aliphatic carbocycles. The van der Waals surface area contributed by atoms with Crippen molar-refractivity contribution in [3.8, 4) is 0 Å². The fourth-order valence-corrected chi connectivity index (χ4v) is 3.99. The molecule has 0 spiro atoms. The SMILES string of the molecule is Cn1c2ccccc2c2ccnc(C(O)CC3OC(C)(C)OC3CO)c21. The van der Waals surface area contributed by atoms with Gasteiger partial charge in [0.05, 0.1) is 23.9 Å². The molecule has 4 rings (SSSR count). The molecule has 3 unspecified atom stereocenters. The van der Waals surface area contributed by atoms with Gasteiger partial charge in [-0.05, 0) is 26.0 Å². The number of ether oxygens (including phenoxy) is 2. The maximum absolute atomic E-state index is 10.9. The molecule has 1 saturated heterocycles. The Balaban J connectivity index is 1.73. The highest BCUT2D eigenvalue weighted by Crippen LogP contribution is 2.36. The summed E-state index contributed by atoms with van der Waals surface area (Å²) in [5, 5.41) is 22.7. The van der Waals surface area contributed by atoms with E-state index in [0.29, 0.717) is 12.1 Å². The van der Waals surface area contributed by atoms with Crippen molar-refractivity contribution in [1.29, 1.82) is 0 Å². The van der Waals surface area contributed by atoms with Crippen LogP contribution < -0.4 is 0 Å². The molecule has 0 bridgehead atoms. The van der Waals surface area contributed by atoms with Crippen LogP contribution in [0.2, 0.25) is 0 Å². The highest BCUT2D eigenvalue weighted by Gasteiger charge is 2.42. The highest BCUT2D eigenvalue weighted by molar-refractivity contribution is 6.08. The van der Waals surface area contributed by atoms with E-state index in [1.165, 1.54) is 0 Å². The van der Waals surface area contributed by atoms with Crippen molar-refractivity contribution in [3.63, 3.8) is 0 Å². The van der Waals surface area contributed by atoms with Crippen molar-refractivity contribution in [2.45, 2.75) is 44.4 Å². The lowest BCUT2D eigenvalue weighted by Crippen LogP contribution is -2.28. The molecule has 0 saturated carbocycles. The van der Waals surface area contributed by atoms with Crippen LogP contribution in [0.25, 0.3) is 21.8 Å². The van der Waals surface area contributed by atoms with Crippen LogP contribution in [0.15, 0.2) is 36.5 Å². The van der Waals surface area contributed by atoms with Crippen molar-refractivity contribution in [2.75, 3.05) is 6.61 Å². The summed E-state index contributed by atoms with van der Waals surface area (Å²) in [6.07, 6.45) is 0.371. The summed E-state index contributed by atoms with van der Waals surface area (Å²) in [5.74, 6) is -0.767. The minimum Gasteiger partial charge on any atom is -0.394 e. The van der Waals surface area contributed by atoms with Gasteiger partial charge < -0.3 is 24.3 Å². The molecular formula is C20H24N2O4. The number of aromatic nitrogens is 2. The van der Waals surface area contributed by atoms with Gasteiger partial charge in [-0.2, -0.15) is 0 Å². The predicted molar refractivity (Wildman–Crippen MR) is 98.7 cm³/mol. The van der Waals surface area contributed by atoms with Crippen LogP contribution in [0.5, 0.6) is 0 Å². The Hall–Kier alpha value is -1.99. The van der Waals surface area contributed by atoms with Crippen LogP contribution in [0.4, 0.5) is 0 Å². The Morgan fingerprint density at radius 1 is 1.15 bits per heavy atom. The molecule has 3 aromatic rings. The lowest BCUT2D eigenvalue weighted by Gasteiger charge is -2.20. The summed E-state index contributed by atoms with van der Waals surface area (Å²) < 4.78 is 13.6. The summed E-state index contributed by atoms with van der Waals surface area (Å²) in [6, 6.07) is 10.1. The maximum atomic E-state index is 10.9. The summed E-state index contributed by atoms with van der Waals surface area (Å²) in [5.41, 5.74) is 2.63. The normalized spacial score (nSPS) is 23.7. The second-order valence-corrected chi connectivity index (χ2v) is 7.32. The molecule has 2 aromatic heterocycles. The van der Waals surface area contributed by atoms with Crippen molar-refractivity contribution >= 4 is 21.8 Å². The Bertz CT molecular complexity index is 950. The number of hydrogen-bond donors (Lipinski definition) is 2. The molecule has 1 fully saturated rings. The minimum absolute atomic E-state index is 0.146. The van der Waals surface area contributed by atoms with Crippen LogP contribution in [0, 0.1) is 0 Å². The first-order valence-electron chi connectivity index (χ1n) is 8.88. The van der Waals surface area contributed by atoms with E-state index in [-0.39, 0.29) is 6.61 Å². The average Bonchev–Trinajstić information content (AvgIpc) is 3.09. The summed E-state index contributed by atoms with van der Waals surface area (Å²) in [4.78, 5) is 4.46. The van der Waals surface area contributed by atoms with E-state index in [9.17, 15) is 10.2 Å². The number of pyridine rings is 1. The van der Waals surface area contributed by atoms with Crippen molar-refractivity contribution in [3.05, 3.63) is 42.2 Å². The van der Waals surface area contributed by atoms with Crippen molar-refractivity contribution in [2.24, 2.45) is 7.05 Å². The predicted octanol–water partition coefficient (Wildman–Crippen LogP) is 2.66. The van der Waals surface area contributed by atoms with Crippen LogP contribution >= 0.6 is 0 Å². The molecule has 6 nitrogen and oxygen atoms in total. The topological polar surface area (TPSA) is 76.7 Å². The summed E-state index contributed by atoms with van der Waals surface area (Å²) >= 11 is 0. The maximum Gasteiger partial charge on any atom is 0.163 e. The lowest BCUT2D eigenvalue weighted by molar-refractivity contribution is -0.150. The number of nitrogens with zero attached hydrogens (tertiary/aromatic N) is 2. The fraction of sp³-hybridized carbons (Fsp3) is 0.450. The molecule has 3 atom stereocenters. The van der Waals surface area contributed by atoms with Gasteiger partial charge in [-0.25, -0.2) is 0 Å². The number of fused-ring (bicyclic) bond motifs is 3. The summed E-state index contributed by atoms with van der Waals surface area (Å²) in [6.45, 7) is 3.47. The Morgan fingerprint density at radius 2 is 1.88 bits per heavy atom. The van der Waals surface area contributed by atoms with E-state index in [4.69, 9.17) is 9.47 Å². The molecule has 1 aliphatic heterocycles. The number of para-hydroxylation sites is 1. The molecule has 6 heteroatoms. The van der Waals surface area contributed by atoms with Crippen LogP contribution in [0.3, 0.4) is 0 Å². The molecule has 138 valence electrons. The number of aryl methyl sites for hydroxylation is 1. The third-order valence-electron chi connectivity index (χ3n) is 5.08. The third-order valence-corrected chi connectivity index (χ3v) is 5.08. The Kier molecular flexibility index (Phi) is 4.23. The average molecular weight is 356 g/mol. The van der Waals surface area contributed by atoms with E-state index in [1.807, 2.05) is 39.1 Å². The number of hydrogen-bond acceptors (Lipinski definition) is 5. The van der Waals surface area contributed by atoms with Crippen LogP contribution in [-0.4, -0.2) is 44.4 Å². The van der Waals surface area contributed by atoms with Crippen LogP contribution in [0.1, 0.15) is 32.1 Å². The molecule has 1 aliphatic rings.